The van der Waals surface area contributed by atoms with Crippen molar-refractivity contribution in [2.45, 2.75) is 50.2 Å². The van der Waals surface area contributed by atoms with Gasteiger partial charge in [-0.1, -0.05) is 12.1 Å². The number of hydrogen-bond acceptors (Lipinski definition) is 7. The van der Waals surface area contributed by atoms with Crippen LogP contribution in [0.15, 0.2) is 41.3 Å². The lowest BCUT2D eigenvalue weighted by Crippen LogP contribution is -2.25. The maximum Gasteiger partial charge on any atom is 0.245 e. The fourth-order valence-corrected chi connectivity index (χ4v) is 3.62. The molecular formula is C20H23N5O3S. The van der Waals surface area contributed by atoms with Gasteiger partial charge in [0.2, 0.25) is 21.9 Å². The zero-order chi connectivity index (χ0) is 20.6. The number of aryl methyl sites for hydroxylation is 1. The Morgan fingerprint density at radius 2 is 1.83 bits per heavy atom. The third-order valence-corrected chi connectivity index (χ3v) is 5.96. The van der Waals surface area contributed by atoms with Crippen LogP contribution in [-0.4, -0.2) is 29.5 Å². The molecule has 29 heavy (non-hydrogen) atoms. The molecule has 0 unspecified atom stereocenters. The number of hydrogen-bond donors (Lipinski definition) is 2. The molecule has 8 nitrogen and oxygen atoms in total. The summed E-state index contributed by atoms with van der Waals surface area (Å²) in [5.74, 6) is 0.920. The minimum absolute atomic E-state index is 0.0769. The van der Waals surface area contributed by atoms with Gasteiger partial charge in [-0.05, 0) is 62.9 Å². The Hall–Kier alpha value is -2.78. The van der Waals surface area contributed by atoms with Crippen molar-refractivity contribution in [2.24, 2.45) is 5.14 Å². The highest BCUT2D eigenvalue weighted by molar-refractivity contribution is 7.89. The van der Waals surface area contributed by atoms with E-state index < -0.39 is 10.0 Å². The largest absolute Gasteiger partial charge is 0.473 e. The van der Waals surface area contributed by atoms with E-state index in [4.69, 9.17) is 9.88 Å². The third-order valence-electron chi connectivity index (χ3n) is 5.03. The van der Waals surface area contributed by atoms with Crippen LogP contribution in [0.25, 0.3) is 11.0 Å². The van der Waals surface area contributed by atoms with Crippen LogP contribution in [-0.2, 0) is 10.0 Å². The first-order valence-corrected chi connectivity index (χ1v) is 11.1. The van der Waals surface area contributed by atoms with Crippen LogP contribution < -0.4 is 15.2 Å². The van der Waals surface area contributed by atoms with Gasteiger partial charge < -0.3 is 10.1 Å². The summed E-state index contributed by atoms with van der Waals surface area (Å²) in [6.07, 6.45) is 3.38. The van der Waals surface area contributed by atoms with Crippen molar-refractivity contribution >= 4 is 27.0 Å². The fraction of sp³-hybridized carbons (Fsp3) is 0.350. The van der Waals surface area contributed by atoms with Crippen molar-refractivity contribution in [3.63, 3.8) is 0 Å². The van der Waals surface area contributed by atoms with Gasteiger partial charge in [0.1, 0.15) is 6.10 Å². The van der Waals surface area contributed by atoms with Gasteiger partial charge >= 0.3 is 0 Å². The number of fused-ring (bicyclic) bond motifs is 1. The minimum Gasteiger partial charge on any atom is -0.473 e. The van der Waals surface area contributed by atoms with E-state index in [2.05, 4.69) is 20.3 Å². The molecule has 2 aromatic heterocycles. The molecule has 0 spiro atoms. The van der Waals surface area contributed by atoms with E-state index in [0.29, 0.717) is 22.9 Å². The number of ether oxygens (including phenoxy) is 1. The maximum absolute atomic E-state index is 11.4. The van der Waals surface area contributed by atoms with E-state index >= 15 is 0 Å². The summed E-state index contributed by atoms with van der Waals surface area (Å²) in [5, 5.41) is 8.42. The number of pyridine rings is 1. The number of benzene rings is 1. The molecule has 152 valence electrons. The number of sulfonamides is 1. The molecule has 3 N–H and O–H groups in total. The maximum atomic E-state index is 11.4. The number of nitrogens with zero attached hydrogens (tertiary/aromatic N) is 3. The Morgan fingerprint density at radius 3 is 2.45 bits per heavy atom. The summed E-state index contributed by atoms with van der Waals surface area (Å²) in [4.78, 5) is 13.8. The average Bonchev–Trinajstić information content (AvgIpc) is 2.64. The van der Waals surface area contributed by atoms with Crippen molar-refractivity contribution in [3.8, 4) is 5.88 Å². The molecule has 0 saturated heterocycles. The lowest BCUT2D eigenvalue weighted by Gasteiger charge is -2.26. The molecule has 0 amide bonds. The third kappa shape index (κ3) is 4.30. The predicted molar refractivity (Wildman–Crippen MR) is 110 cm³/mol. The van der Waals surface area contributed by atoms with Crippen molar-refractivity contribution < 1.29 is 13.2 Å². The van der Waals surface area contributed by atoms with Crippen molar-refractivity contribution in [2.75, 3.05) is 5.32 Å². The first-order valence-electron chi connectivity index (χ1n) is 9.51. The molecule has 1 atom stereocenters. The van der Waals surface area contributed by atoms with Gasteiger partial charge in [-0.2, -0.15) is 4.98 Å². The number of aromatic nitrogens is 3. The molecule has 1 aliphatic carbocycles. The van der Waals surface area contributed by atoms with Gasteiger partial charge in [-0.3, -0.25) is 0 Å². The predicted octanol–water partition coefficient (Wildman–Crippen LogP) is 3.09. The second-order valence-electron chi connectivity index (χ2n) is 7.32. The van der Waals surface area contributed by atoms with E-state index in [-0.39, 0.29) is 17.0 Å². The molecule has 1 aromatic carbocycles. The van der Waals surface area contributed by atoms with Gasteiger partial charge in [0.15, 0.2) is 5.52 Å². The number of rotatable bonds is 6. The van der Waals surface area contributed by atoms with Gasteiger partial charge in [-0.25, -0.2) is 23.5 Å². The van der Waals surface area contributed by atoms with Crippen molar-refractivity contribution in [1.29, 1.82) is 0 Å². The zero-order valence-corrected chi connectivity index (χ0v) is 17.1. The van der Waals surface area contributed by atoms with Crippen LogP contribution in [0.2, 0.25) is 0 Å². The van der Waals surface area contributed by atoms with Crippen LogP contribution in [0, 0.1) is 6.92 Å². The van der Waals surface area contributed by atoms with E-state index in [1.165, 1.54) is 12.1 Å². The highest BCUT2D eigenvalue weighted by atomic mass is 32.2. The van der Waals surface area contributed by atoms with Gasteiger partial charge in [0, 0.05) is 5.69 Å². The lowest BCUT2D eigenvalue weighted by molar-refractivity contribution is 0.116. The van der Waals surface area contributed by atoms with Gasteiger partial charge in [0.25, 0.3) is 0 Å². The molecule has 0 aliphatic heterocycles. The number of primary sulfonamides is 1. The number of nitrogens with two attached hydrogens (primary N) is 1. The zero-order valence-electron chi connectivity index (χ0n) is 16.3. The molecule has 2 heterocycles. The van der Waals surface area contributed by atoms with E-state index in [1.54, 1.807) is 12.1 Å². The van der Waals surface area contributed by atoms with Crippen LogP contribution in [0.4, 0.5) is 5.95 Å². The summed E-state index contributed by atoms with van der Waals surface area (Å²) < 4.78 is 28.9. The Balaban J connectivity index is 1.62. The summed E-state index contributed by atoms with van der Waals surface area (Å²) in [5.41, 5.74) is 3.12. The summed E-state index contributed by atoms with van der Waals surface area (Å²) in [6, 6.07) is 10.1. The van der Waals surface area contributed by atoms with Crippen molar-refractivity contribution in [3.05, 3.63) is 47.7 Å². The van der Waals surface area contributed by atoms with Crippen molar-refractivity contribution in [1.82, 2.24) is 15.0 Å². The summed E-state index contributed by atoms with van der Waals surface area (Å²) in [7, 11) is -3.71. The van der Waals surface area contributed by atoms with E-state index in [1.807, 2.05) is 26.0 Å². The molecular weight excluding hydrogens is 390 g/mol. The number of nitrogens with one attached hydrogen (secondary N) is 1. The smallest absolute Gasteiger partial charge is 0.245 e. The quantitative estimate of drug-likeness (QED) is 0.637. The average molecular weight is 414 g/mol. The standard InChI is InChI=1S/C20H23N5O3S/c1-12-6-11-17-18(22-12)19(28-15-4-3-5-15)25-20(24-17)23-13(2)14-7-9-16(10-8-14)29(21,26)27/h6-11,13,15H,3-5H2,1-2H3,(H2,21,26,27)(H,23,24,25)/t13-/m1/s1. The summed E-state index contributed by atoms with van der Waals surface area (Å²) >= 11 is 0. The molecule has 1 aliphatic rings. The van der Waals surface area contributed by atoms with Crippen LogP contribution in [0.1, 0.15) is 43.5 Å². The Kier molecular flexibility index (Phi) is 5.10. The highest BCUT2D eigenvalue weighted by Crippen LogP contribution is 2.30. The lowest BCUT2D eigenvalue weighted by atomic mass is 9.96. The molecule has 0 radical (unpaired) electrons. The SMILES string of the molecule is Cc1ccc2nc(N[C@H](C)c3ccc(S(N)(=O)=O)cc3)nc(OC3CCC3)c2n1. The number of anilines is 1. The van der Waals surface area contributed by atoms with Crippen LogP contribution in [0.3, 0.4) is 0 Å². The van der Waals surface area contributed by atoms with E-state index in [9.17, 15) is 8.42 Å². The Labute approximate surface area is 169 Å². The molecule has 3 aromatic rings. The second kappa shape index (κ2) is 7.57. The summed E-state index contributed by atoms with van der Waals surface area (Å²) in [6.45, 7) is 3.87. The highest BCUT2D eigenvalue weighted by Gasteiger charge is 2.22. The minimum atomic E-state index is -3.71. The van der Waals surface area contributed by atoms with Crippen LogP contribution >= 0.6 is 0 Å². The first-order chi connectivity index (χ1) is 13.8. The molecule has 0 bridgehead atoms. The Bertz CT molecular complexity index is 1140. The van der Waals surface area contributed by atoms with E-state index in [0.717, 1.165) is 30.5 Å². The normalized spacial score (nSPS) is 15.7. The molecule has 1 fully saturated rings. The van der Waals surface area contributed by atoms with Gasteiger partial charge in [-0.15, -0.1) is 0 Å². The molecule has 9 heteroatoms. The topological polar surface area (TPSA) is 120 Å². The monoisotopic (exact) mass is 413 g/mol. The molecule has 1 saturated carbocycles. The Morgan fingerprint density at radius 1 is 1.10 bits per heavy atom. The fourth-order valence-electron chi connectivity index (χ4n) is 3.10. The van der Waals surface area contributed by atoms with Gasteiger partial charge in [0.05, 0.1) is 16.5 Å². The molecule has 4 rings (SSSR count). The first kappa shape index (κ1) is 19.5. The second-order valence-corrected chi connectivity index (χ2v) is 8.88. The van der Waals surface area contributed by atoms with Crippen LogP contribution in [0.5, 0.6) is 5.88 Å².